The number of amides is 1. The normalized spacial score (nSPS) is 16.9. The Morgan fingerprint density at radius 2 is 1.62 bits per heavy atom. The lowest BCUT2D eigenvalue weighted by Gasteiger charge is -2.36. The minimum absolute atomic E-state index is 0.217. The van der Waals surface area contributed by atoms with Crippen molar-refractivity contribution in [2.75, 3.05) is 38.6 Å². The Hall–Kier alpha value is -2.49. The lowest BCUT2D eigenvalue weighted by Crippen LogP contribution is -2.53. The van der Waals surface area contributed by atoms with Gasteiger partial charge in [0.2, 0.25) is 15.9 Å². The van der Waals surface area contributed by atoms with Crippen molar-refractivity contribution in [2.24, 2.45) is 0 Å². The van der Waals surface area contributed by atoms with Crippen LogP contribution in [0.15, 0.2) is 53.4 Å². The predicted octanol–water partition coefficient (Wildman–Crippen LogP) is 2.17. The van der Waals surface area contributed by atoms with Crippen LogP contribution in [0.1, 0.15) is 6.92 Å². The van der Waals surface area contributed by atoms with Crippen LogP contribution < -0.4 is 10.1 Å². The molecule has 1 heterocycles. The van der Waals surface area contributed by atoms with Crippen molar-refractivity contribution in [3.8, 4) is 5.75 Å². The Bertz CT molecular complexity index is 941. The number of benzene rings is 2. The summed E-state index contributed by atoms with van der Waals surface area (Å²) >= 11 is 0. The summed E-state index contributed by atoms with van der Waals surface area (Å²) in [5.74, 6) is 0.00284. The fraction of sp³-hybridized carbons (Fsp3) is 0.350. The first-order valence-corrected chi connectivity index (χ1v) is 10.7. The van der Waals surface area contributed by atoms with E-state index in [2.05, 4.69) is 5.32 Å². The van der Waals surface area contributed by atoms with Crippen molar-refractivity contribution in [3.05, 3.63) is 54.3 Å². The van der Waals surface area contributed by atoms with Crippen molar-refractivity contribution < 1.29 is 22.3 Å². The molecule has 1 aliphatic rings. The maximum atomic E-state index is 13.0. The van der Waals surface area contributed by atoms with Gasteiger partial charge < -0.3 is 10.1 Å². The minimum atomic E-state index is -3.59. The van der Waals surface area contributed by atoms with E-state index in [-0.39, 0.29) is 16.6 Å². The molecule has 0 unspecified atom stereocenters. The Morgan fingerprint density at radius 3 is 2.17 bits per heavy atom. The molecule has 29 heavy (non-hydrogen) atoms. The zero-order valence-corrected chi connectivity index (χ0v) is 17.2. The van der Waals surface area contributed by atoms with Gasteiger partial charge >= 0.3 is 0 Å². The summed E-state index contributed by atoms with van der Waals surface area (Å²) in [7, 11) is -2.07. The highest BCUT2D eigenvalue weighted by atomic mass is 32.2. The molecule has 0 aliphatic carbocycles. The molecule has 9 heteroatoms. The van der Waals surface area contributed by atoms with Crippen LogP contribution in [0, 0.1) is 5.82 Å². The number of carbonyl (C=O) groups is 1. The summed E-state index contributed by atoms with van der Waals surface area (Å²) in [6.07, 6.45) is 0. The van der Waals surface area contributed by atoms with Gasteiger partial charge in [-0.05, 0) is 55.5 Å². The van der Waals surface area contributed by atoms with E-state index in [1.165, 1.54) is 47.8 Å². The summed E-state index contributed by atoms with van der Waals surface area (Å²) in [6.45, 7) is 3.23. The molecule has 7 nitrogen and oxygen atoms in total. The van der Waals surface area contributed by atoms with Crippen molar-refractivity contribution >= 4 is 21.6 Å². The SMILES string of the molecule is COc1ccc(S(=O)(=O)N2CCN([C@H](C)C(=O)Nc3ccc(F)cc3)CC2)cc1. The molecule has 1 atom stereocenters. The number of sulfonamides is 1. The number of halogens is 1. The summed E-state index contributed by atoms with van der Waals surface area (Å²) in [4.78, 5) is 14.6. The molecular weight excluding hydrogens is 397 g/mol. The first-order valence-electron chi connectivity index (χ1n) is 9.26. The number of nitrogens with one attached hydrogen (secondary N) is 1. The Balaban J connectivity index is 1.58. The Kier molecular flexibility index (Phi) is 6.51. The van der Waals surface area contributed by atoms with Crippen LogP contribution in [0.3, 0.4) is 0 Å². The van der Waals surface area contributed by atoms with Gasteiger partial charge in [-0.25, -0.2) is 12.8 Å². The first kappa shape index (κ1) is 21.2. The molecule has 3 rings (SSSR count). The number of piperazine rings is 1. The van der Waals surface area contributed by atoms with E-state index >= 15 is 0 Å². The summed E-state index contributed by atoms with van der Waals surface area (Å²) in [5, 5.41) is 2.75. The van der Waals surface area contributed by atoms with E-state index in [0.717, 1.165) is 0 Å². The lowest BCUT2D eigenvalue weighted by atomic mass is 10.2. The number of carbonyl (C=O) groups excluding carboxylic acids is 1. The van der Waals surface area contributed by atoms with E-state index in [9.17, 15) is 17.6 Å². The highest BCUT2D eigenvalue weighted by Gasteiger charge is 2.31. The predicted molar refractivity (Wildman–Crippen MR) is 108 cm³/mol. The van der Waals surface area contributed by atoms with Gasteiger partial charge in [0.15, 0.2) is 0 Å². The van der Waals surface area contributed by atoms with Crippen molar-refractivity contribution in [2.45, 2.75) is 17.9 Å². The van der Waals surface area contributed by atoms with E-state index in [1.807, 2.05) is 4.90 Å². The lowest BCUT2D eigenvalue weighted by molar-refractivity contribution is -0.121. The fourth-order valence-corrected chi connectivity index (χ4v) is 4.60. The number of methoxy groups -OCH3 is 1. The number of rotatable bonds is 6. The third-order valence-electron chi connectivity index (χ3n) is 5.01. The number of hydrogen-bond acceptors (Lipinski definition) is 5. The average molecular weight is 421 g/mol. The van der Waals surface area contributed by atoms with Crippen LogP contribution in [0.2, 0.25) is 0 Å². The molecule has 156 valence electrons. The van der Waals surface area contributed by atoms with Crippen LogP contribution in [0.25, 0.3) is 0 Å². The highest BCUT2D eigenvalue weighted by Crippen LogP contribution is 2.21. The Morgan fingerprint density at radius 1 is 1.03 bits per heavy atom. The minimum Gasteiger partial charge on any atom is -0.497 e. The number of nitrogens with zero attached hydrogens (tertiary/aromatic N) is 2. The quantitative estimate of drug-likeness (QED) is 0.773. The molecule has 1 amide bonds. The molecule has 0 aromatic heterocycles. The Labute approximate surface area is 170 Å². The maximum Gasteiger partial charge on any atom is 0.243 e. The van der Waals surface area contributed by atoms with Gasteiger partial charge in [-0.3, -0.25) is 9.69 Å². The standard InChI is InChI=1S/C20H24FN3O4S/c1-15(20(25)22-17-5-3-16(21)4-6-17)23-11-13-24(14-12-23)29(26,27)19-9-7-18(28-2)8-10-19/h3-10,15H,11-14H2,1-2H3,(H,22,25)/t15-/m1/s1. The number of ether oxygens (including phenoxy) is 1. The average Bonchev–Trinajstić information content (AvgIpc) is 2.75. The van der Waals surface area contributed by atoms with Gasteiger partial charge in [0.1, 0.15) is 11.6 Å². The van der Waals surface area contributed by atoms with Crippen LogP contribution >= 0.6 is 0 Å². The molecule has 0 bridgehead atoms. The van der Waals surface area contributed by atoms with Gasteiger partial charge in [-0.1, -0.05) is 0 Å². The van der Waals surface area contributed by atoms with E-state index in [0.29, 0.717) is 37.6 Å². The number of anilines is 1. The molecule has 1 aliphatic heterocycles. The second-order valence-corrected chi connectivity index (χ2v) is 8.73. The van der Waals surface area contributed by atoms with E-state index in [4.69, 9.17) is 4.74 Å². The van der Waals surface area contributed by atoms with Crippen molar-refractivity contribution in [3.63, 3.8) is 0 Å². The topological polar surface area (TPSA) is 79.0 Å². The van der Waals surface area contributed by atoms with Crippen molar-refractivity contribution in [1.29, 1.82) is 0 Å². The zero-order valence-electron chi connectivity index (χ0n) is 16.3. The molecule has 0 spiro atoms. The highest BCUT2D eigenvalue weighted by molar-refractivity contribution is 7.89. The van der Waals surface area contributed by atoms with Crippen LogP contribution in [-0.2, 0) is 14.8 Å². The fourth-order valence-electron chi connectivity index (χ4n) is 3.17. The largest absolute Gasteiger partial charge is 0.497 e. The van der Waals surface area contributed by atoms with Crippen molar-refractivity contribution in [1.82, 2.24) is 9.21 Å². The molecule has 2 aromatic carbocycles. The molecule has 2 aromatic rings. The van der Waals surface area contributed by atoms with E-state index in [1.54, 1.807) is 19.1 Å². The van der Waals surface area contributed by atoms with Gasteiger partial charge in [0, 0.05) is 31.9 Å². The first-order chi connectivity index (χ1) is 13.8. The summed E-state index contributed by atoms with van der Waals surface area (Å²) in [6, 6.07) is 11.4. The second-order valence-electron chi connectivity index (χ2n) is 6.79. The van der Waals surface area contributed by atoms with Crippen LogP contribution in [0.5, 0.6) is 5.75 Å². The molecule has 0 saturated carbocycles. The molecule has 1 fully saturated rings. The third-order valence-corrected chi connectivity index (χ3v) is 6.92. The summed E-state index contributed by atoms with van der Waals surface area (Å²) < 4.78 is 45.1. The smallest absolute Gasteiger partial charge is 0.243 e. The summed E-state index contributed by atoms with van der Waals surface area (Å²) in [5.41, 5.74) is 0.518. The second kappa shape index (κ2) is 8.89. The van der Waals surface area contributed by atoms with E-state index < -0.39 is 16.1 Å². The van der Waals surface area contributed by atoms with Gasteiger partial charge in [0.25, 0.3) is 0 Å². The monoisotopic (exact) mass is 421 g/mol. The van der Waals surface area contributed by atoms with Crippen LogP contribution in [0.4, 0.5) is 10.1 Å². The van der Waals surface area contributed by atoms with Gasteiger partial charge in [-0.2, -0.15) is 4.31 Å². The van der Waals surface area contributed by atoms with Gasteiger partial charge in [0.05, 0.1) is 18.0 Å². The molecule has 1 saturated heterocycles. The van der Waals surface area contributed by atoms with Gasteiger partial charge in [-0.15, -0.1) is 0 Å². The van der Waals surface area contributed by atoms with Crippen LogP contribution in [-0.4, -0.2) is 62.9 Å². The number of hydrogen-bond donors (Lipinski definition) is 1. The molecular formula is C20H24FN3O4S. The third kappa shape index (κ3) is 4.92. The molecule has 1 N–H and O–H groups in total. The maximum absolute atomic E-state index is 13.0. The molecule has 0 radical (unpaired) electrons. The zero-order chi connectivity index (χ0) is 21.0.